The molecule has 0 aliphatic heterocycles. The van der Waals surface area contributed by atoms with E-state index in [0.29, 0.717) is 29.8 Å². The lowest BCUT2D eigenvalue weighted by atomic mass is 9.80. The van der Waals surface area contributed by atoms with E-state index >= 15 is 0 Å². The van der Waals surface area contributed by atoms with Gasteiger partial charge in [0.15, 0.2) is 0 Å². The lowest BCUT2D eigenvalue weighted by molar-refractivity contribution is 0.157. The lowest BCUT2D eigenvalue weighted by Gasteiger charge is -2.44. The standard InChI is InChI=1S/C28H44N2/c1-19-20(2)22(4)27(21(19)3)25-17-11-12-18-26(25)28(29)30(23-13-7-5-8-14-23)24-15-9-6-10-16-24/h11-12,17-24,27,29H,5-10,13-16H2,1-4H3. The topological polar surface area (TPSA) is 27.1 Å². The molecular weight excluding hydrogens is 364 g/mol. The van der Waals surface area contributed by atoms with Gasteiger partial charge in [-0.2, -0.15) is 0 Å². The molecule has 3 saturated carbocycles. The van der Waals surface area contributed by atoms with Crippen molar-refractivity contribution in [3.05, 3.63) is 35.4 Å². The highest BCUT2D eigenvalue weighted by molar-refractivity contribution is 5.98. The molecule has 30 heavy (non-hydrogen) atoms. The molecule has 1 aromatic carbocycles. The number of amidine groups is 1. The van der Waals surface area contributed by atoms with Crippen LogP contribution in [0.3, 0.4) is 0 Å². The summed E-state index contributed by atoms with van der Waals surface area (Å²) in [5.74, 6) is 4.28. The summed E-state index contributed by atoms with van der Waals surface area (Å²) in [4.78, 5) is 2.62. The highest BCUT2D eigenvalue weighted by Crippen LogP contribution is 2.51. The smallest absolute Gasteiger partial charge is 0.128 e. The summed E-state index contributed by atoms with van der Waals surface area (Å²) in [6.45, 7) is 9.79. The minimum atomic E-state index is 0.575. The third kappa shape index (κ3) is 4.08. The maximum absolute atomic E-state index is 9.52. The molecule has 2 nitrogen and oxygen atoms in total. The molecule has 1 N–H and O–H groups in total. The van der Waals surface area contributed by atoms with Crippen LogP contribution in [-0.2, 0) is 0 Å². The Labute approximate surface area is 185 Å². The molecule has 2 heteroatoms. The van der Waals surface area contributed by atoms with Crippen LogP contribution in [0, 0.1) is 29.1 Å². The first kappa shape index (κ1) is 21.9. The molecule has 0 aromatic heterocycles. The molecule has 3 aliphatic carbocycles. The van der Waals surface area contributed by atoms with E-state index in [2.05, 4.69) is 56.9 Å². The molecule has 1 aromatic rings. The Morgan fingerprint density at radius 1 is 0.700 bits per heavy atom. The fourth-order valence-electron chi connectivity index (χ4n) is 7.18. The molecule has 0 bridgehead atoms. The highest BCUT2D eigenvalue weighted by atomic mass is 15.2. The van der Waals surface area contributed by atoms with Crippen LogP contribution >= 0.6 is 0 Å². The van der Waals surface area contributed by atoms with Gasteiger partial charge in [-0.1, -0.05) is 90.5 Å². The minimum Gasteiger partial charge on any atom is -0.351 e. The van der Waals surface area contributed by atoms with Crippen LogP contribution in [-0.4, -0.2) is 22.8 Å². The summed E-state index contributed by atoms with van der Waals surface area (Å²) in [5.41, 5.74) is 2.69. The Hall–Kier alpha value is -1.31. The minimum absolute atomic E-state index is 0.575. The molecule has 3 aliphatic rings. The summed E-state index contributed by atoms with van der Waals surface area (Å²) in [6, 6.07) is 10.2. The van der Waals surface area contributed by atoms with Crippen molar-refractivity contribution in [1.82, 2.24) is 4.90 Å². The fraction of sp³-hybridized carbons (Fsp3) is 0.750. The lowest BCUT2D eigenvalue weighted by Crippen LogP contribution is -2.49. The summed E-state index contributed by atoms with van der Waals surface area (Å²) >= 11 is 0. The molecule has 0 saturated heterocycles. The average molecular weight is 409 g/mol. The number of nitrogens with zero attached hydrogens (tertiary/aromatic N) is 1. The molecule has 0 amide bonds. The molecule has 4 unspecified atom stereocenters. The third-order valence-electron chi connectivity index (χ3n) is 9.39. The first-order valence-electron chi connectivity index (χ1n) is 13.0. The molecule has 3 fully saturated rings. The van der Waals surface area contributed by atoms with Gasteiger partial charge in [-0.15, -0.1) is 0 Å². The van der Waals surface area contributed by atoms with E-state index in [1.54, 1.807) is 0 Å². The van der Waals surface area contributed by atoms with Gasteiger partial charge in [-0.25, -0.2) is 0 Å². The van der Waals surface area contributed by atoms with E-state index in [9.17, 15) is 5.41 Å². The summed E-state index contributed by atoms with van der Waals surface area (Å²) < 4.78 is 0. The van der Waals surface area contributed by atoms with Crippen molar-refractivity contribution in [2.75, 3.05) is 0 Å². The summed E-state index contributed by atoms with van der Waals surface area (Å²) in [5, 5.41) is 9.52. The van der Waals surface area contributed by atoms with E-state index in [4.69, 9.17) is 0 Å². The van der Waals surface area contributed by atoms with Gasteiger partial charge in [-0.05, 0) is 60.8 Å². The maximum Gasteiger partial charge on any atom is 0.128 e. The highest BCUT2D eigenvalue weighted by Gasteiger charge is 2.43. The normalized spacial score (nSPS) is 33.5. The van der Waals surface area contributed by atoms with Gasteiger partial charge in [0.2, 0.25) is 0 Å². The van der Waals surface area contributed by atoms with Crippen LogP contribution in [0.4, 0.5) is 0 Å². The van der Waals surface area contributed by atoms with E-state index in [1.807, 2.05) is 0 Å². The molecule has 0 heterocycles. The molecular formula is C28H44N2. The van der Waals surface area contributed by atoms with Crippen molar-refractivity contribution >= 4 is 5.84 Å². The Morgan fingerprint density at radius 2 is 1.17 bits per heavy atom. The van der Waals surface area contributed by atoms with Gasteiger partial charge in [0, 0.05) is 17.6 Å². The zero-order valence-corrected chi connectivity index (χ0v) is 19.9. The molecule has 4 rings (SSSR count). The molecule has 4 atom stereocenters. The maximum atomic E-state index is 9.52. The Balaban J connectivity index is 1.68. The van der Waals surface area contributed by atoms with Crippen LogP contribution in [0.2, 0.25) is 0 Å². The second kappa shape index (κ2) is 9.45. The van der Waals surface area contributed by atoms with Crippen molar-refractivity contribution in [2.24, 2.45) is 23.7 Å². The predicted octanol–water partition coefficient (Wildman–Crippen LogP) is 7.62. The van der Waals surface area contributed by atoms with Gasteiger partial charge in [-0.3, -0.25) is 5.41 Å². The Morgan fingerprint density at radius 3 is 1.67 bits per heavy atom. The summed E-state index contributed by atoms with van der Waals surface area (Å²) in [6.07, 6.45) is 13.3. The zero-order chi connectivity index (χ0) is 21.3. The first-order chi connectivity index (χ1) is 14.5. The van der Waals surface area contributed by atoms with E-state index in [1.165, 1.54) is 75.3 Å². The molecule has 0 radical (unpaired) electrons. The van der Waals surface area contributed by atoms with Crippen molar-refractivity contribution in [2.45, 2.75) is 110 Å². The van der Waals surface area contributed by atoms with E-state index < -0.39 is 0 Å². The van der Waals surface area contributed by atoms with E-state index in [0.717, 1.165) is 17.7 Å². The number of hydrogen-bond donors (Lipinski definition) is 1. The first-order valence-corrected chi connectivity index (χ1v) is 13.0. The Kier molecular flexibility index (Phi) is 6.90. The van der Waals surface area contributed by atoms with Crippen LogP contribution in [0.5, 0.6) is 0 Å². The second-order valence-electron chi connectivity index (χ2n) is 10.9. The van der Waals surface area contributed by atoms with Crippen LogP contribution in [0.1, 0.15) is 109 Å². The molecule has 0 spiro atoms. The Bertz CT molecular complexity index is 681. The number of rotatable bonds is 4. The number of hydrogen-bond acceptors (Lipinski definition) is 1. The monoisotopic (exact) mass is 408 g/mol. The second-order valence-corrected chi connectivity index (χ2v) is 10.9. The van der Waals surface area contributed by atoms with Crippen LogP contribution in [0.25, 0.3) is 0 Å². The van der Waals surface area contributed by atoms with Gasteiger partial charge >= 0.3 is 0 Å². The SMILES string of the molecule is CC1C(C)C(C)C(c2ccccc2C(=N)N(C2CCCCC2)C2CCCCC2)C1C. The van der Waals surface area contributed by atoms with E-state index in [-0.39, 0.29) is 0 Å². The van der Waals surface area contributed by atoms with Gasteiger partial charge < -0.3 is 4.90 Å². The average Bonchev–Trinajstić information content (AvgIpc) is 2.98. The predicted molar refractivity (Wildman–Crippen MR) is 128 cm³/mol. The van der Waals surface area contributed by atoms with Crippen LogP contribution in [0.15, 0.2) is 24.3 Å². The van der Waals surface area contributed by atoms with Crippen molar-refractivity contribution < 1.29 is 0 Å². The van der Waals surface area contributed by atoms with Crippen molar-refractivity contribution in [3.63, 3.8) is 0 Å². The third-order valence-corrected chi connectivity index (χ3v) is 9.39. The van der Waals surface area contributed by atoms with Crippen molar-refractivity contribution in [1.29, 1.82) is 5.41 Å². The quantitative estimate of drug-likeness (QED) is 0.402. The molecule has 166 valence electrons. The zero-order valence-electron chi connectivity index (χ0n) is 19.9. The van der Waals surface area contributed by atoms with Crippen LogP contribution < -0.4 is 0 Å². The largest absolute Gasteiger partial charge is 0.351 e. The van der Waals surface area contributed by atoms with Gasteiger partial charge in [0.05, 0.1) is 0 Å². The number of nitrogens with one attached hydrogen (secondary N) is 1. The number of benzene rings is 1. The van der Waals surface area contributed by atoms with Gasteiger partial charge in [0.25, 0.3) is 0 Å². The van der Waals surface area contributed by atoms with Crippen molar-refractivity contribution in [3.8, 4) is 0 Å². The van der Waals surface area contributed by atoms with Gasteiger partial charge in [0.1, 0.15) is 5.84 Å². The fourth-order valence-corrected chi connectivity index (χ4v) is 7.18. The summed E-state index contributed by atoms with van der Waals surface area (Å²) in [7, 11) is 0.